The summed E-state index contributed by atoms with van der Waals surface area (Å²) in [6, 6.07) is 12.0. The van der Waals surface area contributed by atoms with Crippen molar-refractivity contribution in [2.75, 3.05) is 19.7 Å². The Hall–Kier alpha value is -2.56. The van der Waals surface area contributed by atoms with Crippen LogP contribution in [-0.4, -0.2) is 30.6 Å². The third-order valence-electron chi connectivity index (χ3n) is 3.53. The Morgan fingerprint density at radius 1 is 1.12 bits per heavy atom. The van der Waals surface area contributed by atoms with Gasteiger partial charge in [-0.25, -0.2) is 4.99 Å². The maximum absolute atomic E-state index is 5.71. The number of rotatable bonds is 7. The van der Waals surface area contributed by atoms with Crippen molar-refractivity contribution in [1.29, 1.82) is 0 Å². The average Bonchev–Trinajstić information content (AvgIpc) is 2.59. The zero-order valence-electron chi connectivity index (χ0n) is 14.7. The number of aryl methyl sites for hydroxylation is 2. The Labute approximate surface area is 144 Å². The van der Waals surface area contributed by atoms with Crippen molar-refractivity contribution in [1.82, 2.24) is 15.6 Å². The van der Waals surface area contributed by atoms with Gasteiger partial charge in [0.2, 0.25) is 0 Å². The first-order valence-corrected chi connectivity index (χ1v) is 8.31. The summed E-state index contributed by atoms with van der Waals surface area (Å²) in [5.41, 5.74) is 3.37. The number of guanidine groups is 1. The predicted octanol–water partition coefficient (Wildman–Crippen LogP) is 2.83. The summed E-state index contributed by atoms with van der Waals surface area (Å²) in [5.74, 6) is 1.66. The summed E-state index contributed by atoms with van der Waals surface area (Å²) in [5, 5.41) is 6.51. The molecule has 1 heterocycles. The zero-order valence-corrected chi connectivity index (χ0v) is 14.7. The van der Waals surface area contributed by atoms with Crippen LogP contribution in [0, 0.1) is 13.8 Å². The fourth-order valence-corrected chi connectivity index (χ4v) is 2.15. The summed E-state index contributed by atoms with van der Waals surface area (Å²) in [6.07, 6.45) is 1.80. The van der Waals surface area contributed by atoms with Crippen LogP contribution in [0.4, 0.5) is 0 Å². The highest BCUT2D eigenvalue weighted by Crippen LogP contribution is 2.10. The Kier molecular flexibility index (Phi) is 7.08. The van der Waals surface area contributed by atoms with Crippen molar-refractivity contribution < 1.29 is 4.74 Å². The van der Waals surface area contributed by atoms with E-state index in [9.17, 15) is 0 Å². The number of aliphatic imine (C=N–C) groups is 1. The van der Waals surface area contributed by atoms with Crippen LogP contribution in [0.2, 0.25) is 0 Å². The number of nitrogens with one attached hydrogen (secondary N) is 2. The molecule has 2 aromatic rings. The molecule has 0 saturated carbocycles. The highest BCUT2D eigenvalue weighted by molar-refractivity contribution is 5.79. The number of ether oxygens (including phenoxy) is 1. The van der Waals surface area contributed by atoms with Crippen LogP contribution >= 0.6 is 0 Å². The standard InChI is InChI=1S/C19H26N4O/c1-4-20-19(23-14-18-16(3)6-5-11-21-18)22-12-13-24-17-9-7-15(2)8-10-17/h5-11H,4,12-14H2,1-3H3,(H2,20,22,23). The third-order valence-corrected chi connectivity index (χ3v) is 3.53. The third kappa shape index (κ3) is 5.91. The van der Waals surface area contributed by atoms with Gasteiger partial charge in [-0.15, -0.1) is 0 Å². The van der Waals surface area contributed by atoms with Crippen LogP contribution in [0.5, 0.6) is 5.75 Å². The lowest BCUT2D eigenvalue weighted by Crippen LogP contribution is -2.39. The number of pyridine rings is 1. The van der Waals surface area contributed by atoms with E-state index >= 15 is 0 Å². The second kappa shape index (κ2) is 9.55. The Bertz CT molecular complexity index is 653. The molecule has 0 radical (unpaired) electrons. The lowest BCUT2D eigenvalue weighted by atomic mass is 10.2. The van der Waals surface area contributed by atoms with Crippen molar-refractivity contribution in [2.24, 2.45) is 4.99 Å². The van der Waals surface area contributed by atoms with Crippen LogP contribution in [0.15, 0.2) is 47.6 Å². The van der Waals surface area contributed by atoms with Gasteiger partial charge in [0.15, 0.2) is 5.96 Å². The van der Waals surface area contributed by atoms with E-state index in [1.54, 1.807) is 6.20 Å². The van der Waals surface area contributed by atoms with Crippen LogP contribution in [0.3, 0.4) is 0 Å². The molecular formula is C19H26N4O. The summed E-state index contributed by atoms with van der Waals surface area (Å²) in [6.45, 7) is 8.79. The summed E-state index contributed by atoms with van der Waals surface area (Å²) < 4.78 is 5.71. The smallest absolute Gasteiger partial charge is 0.191 e. The highest BCUT2D eigenvalue weighted by Gasteiger charge is 2.01. The molecule has 0 spiro atoms. The van der Waals surface area contributed by atoms with Gasteiger partial charge in [-0.05, 0) is 44.5 Å². The van der Waals surface area contributed by atoms with E-state index in [1.165, 1.54) is 5.56 Å². The molecule has 0 aliphatic carbocycles. The van der Waals surface area contributed by atoms with E-state index in [2.05, 4.69) is 27.5 Å². The number of hydrogen-bond donors (Lipinski definition) is 2. The van der Waals surface area contributed by atoms with Crippen LogP contribution in [0.25, 0.3) is 0 Å². The maximum atomic E-state index is 5.71. The molecule has 5 nitrogen and oxygen atoms in total. The molecule has 0 aliphatic heterocycles. The maximum Gasteiger partial charge on any atom is 0.191 e. The first-order chi connectivity index (χ1) is 11.7. The molecule has 0 aliphatic rings. The molecule has 1 aromatic heterocycles. The molecule has 0 fully saturated rings. The molecule has 2 rings (SSSR count). The van der Waals surface area contributed by atoms with Gasteiger partial charge in [0.05, 0.1) is 18.8 Å². The summed E-state index contributed by atoms with van der Waals surface area (Å²) in [7, 11) is 0. The van der Waals surface area contributed by atoms with Gasteiger partial charge in [-0.3, -0.25) is 4.98 Å². The van der Waals surface area contributed by atoms with Gasteiger partial charge < -0.3 is 15.4 Å². The quantitative estimate of drug-likeness (QED) is 0.467. The van der Waals surface area contributed by atoms with Gasteiger partial charge in [0.1, 0.15) is 12.4 Å². The normalized spacial score (nSPS) is 11.2. The summed E-state index contributed by atoms with van der Waals surface area (Å²) in [4.78, 5) is 8.94. The van der Waals surface area contributed by atoms with Crippen molar-refractivity contribution in [3.63, 3.8) is 0 Å². The fourth-order valence-electron chi connectivity index (χ4n) is 2.15. The van der Waals surface area contributed by atoms with E-state index in [0.717, 1.165) is 29.5 Å². The molecule has 24 heavy (non-hydrogen) atoms. The van der Waals surface area contributed by atoms with Crippen molar-refractivity contribution in [3.05, 3.63) is 59.4 Å². The molecular weight excluding hydrogens is 300 g/mol. The summed E-state index contributed by atoms with van der Waals surface area (Å²) >= 11 is 0. The van der Waals surface area contributed by atoms with Crippen molar-refractivity contribution in [3.8, 4) is 5.75 Å². The van der Waals surface area contributed by atoms with E-state index < -0.39 is 0 Å². The van der Waals surface area contributed by atoms with Gasteiger partial charge in [-0.1, -0.05) is 23.8 Å². The predicted molar refractivity (Wildman–Crippen MR) is 98.5 cm³/mol. The minimum absolute atomic E-state index is 0.556. The van der Waals surface area contributed by atoms with Crippen molar-refractivity contribution >= 4 is 5.96 Å². The monoisotopic (exact) mass is 326 g/mol. The molecule has 0 amide bonds. The van der Waals surface area contributed by atoms with E-state index in [-0.39, 0.29) is 0 Å². The zero-order chi connectivity index (χ0) is 17.2. The SMILES string of the molecule is CCNC(=NCc1ncccc1C)NCCOc1ccc(C)cc1. The number of benzene rings is 1. The van der Waals surface area contributed by atoms with Gasteiger partial charge in [-0.2, -0.15) is 0 Å². The van der Waals surface area contributed by atoms with E-state index in [4.69, 9.17) is 4.74 Å². The lowest BCUT2D eigenvalue weighted by molar-refractivity contribution is 0.322. The Balaban J connectivity index is 1.81. The van der Waals surface area contributed by atoms with Crippen LogP contribution in [0.1, 0.15) is 23.7 Å². The molecule has 5 heteroatoms. The molecule has 0 unspecified atom stereocenters. The van der Waals surface area contributed by atoms with Crippen molar-refractivity contribution in [2.45, 2.75) is 27.3 Å². The van der Waals surface area contributed by atoms with Gasteiger partial charge in [0.25, 0.3) is 0 Å². The Morgan fingerprint density at radius 3 is 2.62 bits per heavy atom. The molecule has 0 bridgehead atoms. The Morgan fingerprint density at radius 2 is 1.92 bits per heavy atom. The molecule has 0 saturated heterocycles. The van der Waals surface area contributed by atoms with Crippen LogP contribution < -0.4 is 15.4 Å². The van der Waals surface area contributed by atoms with Gasteiger partial charge in [0, 0.05) is 12.7 Å². The molecule has 128 valence electrons. The topological polar surface area (TPSA) is 58.5 Å². The minimum Gasteiger partial charge on any atom is -0.492 e. The molecule has 0 atom stereocenters. The van der Waals surface area contributed by atoms with Crippen LogP contribution in [-0.2, 0) is 6.54 Å². The van der Waals surface area contributed by atoms with Gasteiger partial charge >= 0.3 is 0 Å². The number of nitrogens with zero attached hydrogens (tertiary/aromatic N) is 2. The minimum atomic E-state index is 0.556. The fraction of sp³-hybridized carbons (Fsp3) is 0.368. The second-order valence-electron chi connectivity index (χ2n) is 5.55. The largest absolute Gasteiger partial charge is 0.492 e. The lowest BCUT2D eigenvalue weighted by Gasteiger charge is -2.12. The molecule has 2 N–H and O–H groups in total. The van der Waals surface area contributed by atoms with E-state index in [0.29, 0.717) is 19.7 Å². The second-order valence-corrected chi connectivity index (χ2v) is 5.55. The molecule has 1 aromatic carbocycles. The number of aromatic nitrogens is 1. The first-order valence-electron chi connectivity index (χ1n) is 8.31. The first kappa shape index (κ1) is 17.8. The highest BCUT2D eigenvalue weighted by atomic mass is 16.5. The number of hydrogen-bond acceptors (Lipinski definition) is 3. The average molecular weight is 326 g/mol. The van der Waals surface area contributed by atoms with E-state index in [1.807, 2.05) is 50.2 Å².